The van der Waals surface area contributed by atoms with Gasteiger partial charge in [-0.1, -0.05) is 12.1 Å². The maximum absolute atomic E-state index is 12.2. The Kier molecular flexibility index (Phi) is 5.78. The molecule has 0 amide bonds. The second kappa shape index (κ2) is 7.10. The van der Waals surface area contributed by atoms with E-state index in [1.165, 1.54) is 12.1 Å². The molecule has 0 spiro atoms. The van der Waals surface area contributed by atoms with Crippen LogP contribution in [0.5, 0.6) is 0 Å². The molecule has 1 rings (SSSR count). The summed E-state index contributed by atoms with van der Waals surface area (Å²) in [4.78, 5) is 0.0660. The van der Waals surface area contributed by atoms with Crippen LogP contribution in [0.3, 0.4) is 0 Å². The van der Waals surface area contributed by atoms with E-state index in [9.17, 15) is 8.42 Å². The molecule has 0 unspecified atom stereocenters. The number of alkyl halides is 1. The molecule has 0 aromatic heterocycles. The van der Waals surface area contributed by atoms with Gasteiger partial charge in [0.25, 0.3) is 0 Å². The number of halogens is 1. The van der Waals surface area contributed by atoms with Crippen molar-refractivity contribution in [3.05, 3.63) is 29.8 Å². The third kappa shape index (κ3) is 3.93. The van der Waals surface area contributed by atoms with Crippen molar-refractivity contribution in [3.63, 3.8) is 0 Å². The summed E-state index contributed by atoms with van der Waals surface area (Å²) in [5.41, 5.74) is 0.932. The first-order valence-corrected chi connectivity index (χ1v) is 7.42. The molecule has 0 radical (unpaired) electrons. The summed E-state index contributed by atoms with van der Waals surface area (Å²) < 4.78 is 25.2. The zero-order valence-electron chi connectivity index (χ0n) is 10.1. The highest BCUT2D eigenvalue weighted by molar-refractivity contribution is 7.89. The van der Waals surface area contributed by atoms with Crippen LogP contribution in [0.1, 0.15) is 5.56 Å². The lowest BCUT2D eigenvalue weighted by Gasteiger charge is -2.15. The maximum Gasteiger partial charge on any atom is 0.244 e. The molecule has 5 nitrogen and oxygen atoms in total. The Hall–Kier alpha value is -1.60. The lowest BCUT2D eigenvalue weighted by Crippen LogP contribution is -2.31. The van der Waals surface area contributed by atoms with Crippen molar-refractivity contribution in [1.82, 2.24) is 4.31 Å². The summed E-state index contributed by atoms with van der Waals surface area (Å²) >= 11 is 5.60. The van der Waals surface area contributed by atoms with Gasteiger partial charge in [0.2, 0.25) is 10.0 Å². The molecule has 0 fully saturated rings. The topological polar surface area (TPSA) is 85.0 Å². The third-order valence-electron chi connectivity index (χ3n) is 2.44. The Bertz CT molecular complexity index is 583. The van der Waals surface area contributed by atoms with Crippen molar-refractivity contribution in [1.29, 1.82) is 10.5 Å². The molecule has 0 saturated heterocycles. The number of hydrogen-bond acceptors (Lipinski definition) is 4. The summed E-state index contributed by atoms with van der Waals surface area (Å²) in [6.07, 6.45) is 0.655. The Morgan fingerprint density at radius 1 is 1.11 bits per heavy atom. The van der Waals surface area contributed by atoms with Crippen LogP contribution in [0, 0.1) is 22.7 Å². The number of nitriles is 2. The molecule has 0 N–H and O–H groups in total. The van der Waals surface area contributed by atoms with Gasteiger partial charge in [0.1, 0.15) is 13.1 Å². The average Bonchev–Trinajstić information content (AvgIpc) is 2.39. The fourth-order valence-corrected chi connectivity index (χ4v) is 2.92. The minimum Gasteiger partial charge on any atom is -0.207 e. The first-order chi connectivity index (χ1) is 9.06. The van der Waals surface area contributed by atoms with E-state index in [0.29, 0.717) is 12.3 Å². The highest BCUT2D eigenvalue weighted by atomic mass is 35.5. The van der Waals surface area contributed by atoms with Crippen molar-refractivity contribution in [2.45, 2.75) is 11.3 Å². The van der Waals surface area contributed by atoms with Gasteiger partial charge in [-0.2, -0.15) is 14.8 Å². The molecular weight excluding hydrogens is 286 g/mol. The quantitative estimate of drug-likeness (QED) is 0.588. The SMILES string of the molecule is N#CCN(CC#N)S(=O)(=O)c1ccc(CCCl)cc1. The summed E-state index contributed by atoms with van der Waals surface area (Å²) in [5.74, 6) is 0.459. The van der Waals surface area contributed by atoms with E-state index in [2.05, 4.69) is 0 Å². The smallest absolute Gasteiger partial charge is 0.207 e. The first-order valence-electron chi connectivity index (χ1n) is 5.45. The van der Waals surface area contributed by atoms with Crippen LogP contribution in [-0.2, 0) is 16.4 Å². The van der Waals surface area contributed by atoms with Crippen LogP contribution in [0.4, 0.5) is 0 Å². The van der Waals surface area contributed by atoms with E-state index in [1.807, 2.05) is 0 Å². The fourth-order valence-electron chi connectivity index (χ4n) is 1.47. The molecule has 0 aliphatic heterocycles. The first kappa shape index (κ1) is 15.5. The number of aryl methyl sites for hydroxylation is 1. The van der Waals surface area contributed by atoms with Crippen LogP contribution in [0.2, 0.25) is 0 Å². The summed E-state index contributed by atoms with van der Waals surface area (Å²) in [6.45, 7) is -0.696. The van der Waals surface area contributed by atoms with Crippen molar-refractivity contribution in [2.75, 3.05) is 19.0 Å². The number of nitrogens with zero attached hydrogens (tertiary/aromatic N) is 3. The van der Waals surface area contributed by atoms with Gasteiger partial charge in [0.15, 0.2) is 0 Å². The van der Waals surface area contributed by atoms with Crippen LogP contribution in [-0.4, -0.2) is 31.7 Å². The van der Waals surface area contributed by atoms with Crippen LogP contribution < -0.4 is 0 Å². The van der Waals surface area contributed by atoms with Gasteiger partial charge in [-0.25, -0.2) is 8.42 Å². The molecule has 19 heavy (non-hydrogen) atoms. The average molecular weight is 298 g/mol. The largest absolute Gasteiger partial charge is 0.244 e. The van der Waals surface area contributed by atoms with Gasteiger partial charge in [0, 0.05) is 5.88 Å². The zero-order chi connectivity index (χ0) is 14.3. The Balaban J connectivity index is 3.05. The van der Waals surface area contributed by atoms with Crippen molar-refractivity contribution in [2.24, 2.45) is 0 Å². The predicted molar refractivity (Wildman–Crippen MR) is 70.9 cm³/mol. The molecule has 100 valence electrons. The van der Waals surface area contributed by atoms with Gasteiger partial charge >= 0.3 is 0 Å². The Labute approximate surface area is 117 Å². The summed E-state index contributed by atoms with van der Waals surface area (Å²) in [6, 6.07) is 9.74. The van der Waals surface area contributed by atoms with Crippen molar-refractivity contribution in [3.8, 4) is 12.1 Å². The molecule has 7 heteroatoms. The van der Waals surface area contributed by atoms with Crippen molar-refractivity contribution < 1.29 is 8.42 Å². The Morgan fingerprint density at radius 3 is 2.05 bits per heavy atom. The monoisotopic (exact) mass is 297 g/mol. The van der Waals surface area contributed by atoms with Crippen LogP contribution in [0.25, 0.3) is 0 Å². The van der Waals surface area contributed by atoms with Gasteiger partial charge < -0.3 is 0 Å². The molecule has 0 aliphatic rings. The standard InChI is InChI=1S/C12H12ClN3O2S/c13-6-5-11-1-3-12(4-2-11)19(17,18)16(9-7-14)10-8-15/h1-4H,5-6,9-10H2. The number of benzene rings is 1. The van der Waals surface area contributed by atoms with Crippen molar-refractivity contribution >= 4 is 21.6 Å². The highest BCUT2D eigenvalue weighted by Gasteiger charge is 2.23. The molecular formula is C12H12ClN3O2S. The summed E-state index contributed by atoms with van der Waals surface area (Å²) in [7, 11) is -3.80. The van der Waals surface area contributed by atoms with E-state index in [0.717, 1.165) is 9.87 Å². The van der Waals surface area contributed by atoms with Gasteiger partial charge in [-0.3, -0.25) is 0 Å². The third-order valence-corrected chi connectivity index (χ3v) is 4.43. The molecule has 0 aliphatic carbocycles. The number of rotatable bonds is 6. The zero-order valence-corrected chi connectivity index (χ0v) is 11.7. The molecule has 0 atom stereocenters. The maximum atomic E-state index is 12.2. The van der Waals surface area contributed by atoms with Gasteiger partial charge in [-0.05, 0) is 24.1 Å². The van der Waals surface area contributed by atoms with Gasteiger partial charge in [0.05, 0.1) is 17.0 Å². The molecule has 1 aromatic rings. The normalized spacial score (nSPS) is 10.9. The number of hydrogen-bond donors (Lipinski definition) is 0. The fraction of sp³-hybridized carbons (Fsp3) is 0.333. The second-order valence-electron chi connectivity index (χ2n) is 3.67. The van der Waals surface area contributed by atoms with Crippen LogP contribution in [0.15, 0.2) is 29.2 Å². The minimum absolute atomic E-state index is 0.0660. The molecule has 0 saturated carbocycles. The van der Waals surface area contributed by atoms with E-state index < -0.39 is 10.0 Å². The Morgan fingerprint density at radius 2 is 1.63 bits per heavy atom. The van der Waals surface area contributed by atoms with E-state index in [-0.39, 0.29) is 18.0 Å². The summed E-state index contributed by atoms with van der Waals surface area (Å²) in [5, 5.41) is 17.2. The van der Waals surface area contributed by atoms with E-state index in [4.69, 9.17) is 22.1 Å². The van der Waals surface area contributed by atoms with E-state index >= 15 is 0 Å². The number of sulfonamides is 1. The molecule has 0 bridgehead atoms. The highest BCUT2D eigenvalue weighted by Crippen LogP contribution is 2.16. The lowest BCUT2D eigenvalue weighted by molar-refractivity contribution is 0.479. The minimum atomic E-state index is -3.80. The van der Waals surface area contributed by atoms with Crippen LogP contribution >= 0.6 is 11.6 Å². The van der Waals surface area contributed by atoms with E-state index in [1.54, 1.807) is 24.3 Å². The predicted octanol–water partition coefficient (Wildman–Crippen LogP) is 1.51. The second-order valence-corrected chi connectivity index (χ2v) is 5.99. The molecule has 0 heterocycles. The van der Waals surface area contributed by atoms with Gasteiger partial charge in [-0.15, -0.1) is 11.6 Å². The lowest BCUT2D eigenvalue weighted by atomic mass is 10.2. The molecule has 1 aromatic carbocycles.